The molecular formula is C15H15NO2. The summed E-state index contributed by atoms with van der Waals surface area (Å²) in [7, 11) is 1.60. The van der Waals surface area contributed by atoms with E-state index in [0.29, 0.717) is 12.0 Å². The van der Waals surface area contributed by atoms with Gasteiger partial charge in [-0.05, 0) is 42.8 Å². The van der Waals surface area contributed by atoms with Crippen molar-refractivity contribution in [2.75, 3.05) is 7.11 Å². The zero-order valence-electron chi connectivity index (χ0n) is 10.5. The number of methoxy groups -OCH3 is 1. The van der Waals surface area contributed by atoms with Crippen LogP contribution in [0.4, 0.5) is 0 Å². The number of benzene rings is 1. The summed E-state index contributed by atoms with van der Waals surface area (Å²) in [5.74, 6) is 0.814. The van der Waals surface area contributed by atoms with Crippen LogP contribution in [0.25, 0.3) is 0 Å². The van der Waals surface area contributed by atoms with E-state index in [2.05, 4.69) is 4.98 Å². The number of aryl methyl sites for hydroxylation is 1. The van der Waals surface area contributed by atoms with Crippen LogP contribution in [0.3, 0.4) is 0 Å². The normalized spacial score (nSPS) is 10.1. The Morgan fingerprint density at radius 2 is 1.89 bits per heavy atom. The monoisotopic (exact) mass is 241 g/mol. The molecule has 1 heterocycles. The maximum Gasteiger partial charge on any atom is 0.168 e. The van der Waals surface area contributed by atoms with Gasteiger partial charge in [-0.25, -0.2) is 0 Å². The Kier molecular flexibility index (Phi) is 3.72. The van der Waals surface area contributed by atoms with E-state index in [1.165, 1.54) is 0 Å². The summed E-state index contributed by atoms with van der Waals surface area (Å²) in [6.07, 6.45) is 2.10. The summed E-state index contributed by atoms with van der Waals surface area (Å²) in [5, 5.41) is 0. The Bertz CT molecular complexity index is 529. The average Bonchev–Trinajstić information content (AvgIpc) is 2.41. The first-order valence-electron chi connectivity index (χ1n) is 5.78. The first-order chi connectivity index (χ1) is 8.69. The van der Waals surface area contributed by atoms with E-state index >= 15 is 0 Å². The van der Waals surface area contributed by atoms with Crippen molar-refractivity contribution < 1.29 is 9.53 Å². The molecule has 0 saturated carbocycles. The number of hydrogen-bond acceptors (Lipinski definition) is 3. The molecule has 0 spiro atoms. The van der Waals surface area contributed by atoms with Crippen molar-refractivity contribution in [2.45, 2.75) is 13.3 Å². The Morgan fingerprint density at radius 3 is 2.44 bits per heavy atom. The van der Waals surface area contributed by atoms with Gasteiger partial charge >= 0.3 is 0 Å². The van der Waals surface area contributed by atoms with E-state index in [9.17, 15) is 4.79 Å². The van der Waals surface area contributed by atoms with Crippen LogP contribution in [-0.4, -0.2) is 17.9 Å². The van der Waals surface area contributed by atoms with Crippen LogP contribution in [-0.2, 0) is 6.42 Å². The Hall–Kier alpha value is -2.16. The molecule has 18 heavy (non-hydrogen) atoms. The summed E-state index contributed by atoms with van der Waals surface area (Å²) < 4.78 is 5.06. The van der Waals surface area contributed by atoms with E-state index in [4.69, 9.17) is 4.74 Å². The van der Waals surface area contributed by atoms with Crippen molar-refractivity contribution in [3.63, 3.8) is 0 Å². The van der Waals surface area contributed by atoms with Gasteiger partial charge in [-0.1, -0.05) is 6.07 Å². The SMILES string of the molecule is COc1ccc(C(=O)Cc2ccc(C)cn2)cc1. The van der Waals surface area contributed by atoms with Gasteiger partial charge in [0.1, 0.15) is 5.75 Å². The first-order valence-corrected chi connectivity index (χ1v) is 5.78. The second-order valence-electron chi connectivity index (χ2n) is 4.16. The van der Waals surface area contributed by atoms with Gasteiger partial charge in [0, 0.05) is 17.5 Å². The van der Waals surface area contributed by atoms with Gasteiger partial charge in [-0.3, -0.25) is 9.78 Å². The van der Waals surface area contributed by atoms with Crippen molar-refractivity contribution in [3.05, 3.63) is 59.4 Å². The molecule has 0 amide bonds. The molecule has 0 atom stereocenters. The quantitative estimate of drug-likeness (QED) is 0.773. The second-order valence-corrected chi connectivity index (χ2v) is 4.16. The number of rotatable bonds is 4. The molecule has 0 radical (unpaired) electrons. The van der Waals surface area contributed by atoms with Crippen molar-refractivity contribution in [3.8, 4) is 5.75 Å². The third-order valence-corrected chi connectivity index (χ3v) is 2.73. The third-order valence-electron chi connectivity index (χ3n) is 2.73. The highest BCUT2D eigenvalue weighted by Gasteiger charge is 2.07. The lowest BCUT2D eigenvalue weighted by atomic mass is 10.1. The third kappa shape index (κ3) is 2.94. The Morgan fingerprint density at radius 1 is 1.17 bits per heavy atom. The zero-order chi connectivity index (χ0) is 13.0. The van der Waals surface area contributed by atoms with Crippen molar-refractivity contribution in [2.24, 2.45) is 0 Å². The van der Waals surface area contributed by atoms with E-state index < -0.39 is 0 Å². The second kappa shape index (κ2) is 5.45. The minimum absolute atomic E-state index is 0.0639. The minimum Gasteiger partial charge on any atom is -0.497 e. The zero-order valence-corrected chi connectivity index (χ0v) is 10.5. The fraction of sp³-hybridized carbons (Fsp3) is 0.200. The lowest BCUT2D eigenvalue weighted by molar-refractivity contribution is 0.0992. The van der Waals surface area contributed by atoms with Gasteiger partial charge in [0.2, 0.25) is 0 Å². The standard InChI is InChI=1S/C15H15NO2/c1-11-3-6-13(16-10-11)9-15(17)12-4-7-14(18-2)8-5-12/h3-8,10H,9H2,1-2H3. The molecule has 92 valence electrons. The number of nitrogens with zero attached hydrogens (tertiary/aromatic N) is 1. The fourth-order valence-corrected chi connectivity index (χ4v) is 1.65. The van der Waals surface area contributed by atoms with Gasteiger partial charge in [0.25, 0.3) is 0 Å². The van der Waals surface area contributed by atoms with Gasteiger partial charge in [0.15, 0.2) is 5.78 Å². The van der Waals surface area contributed by atoms with E-state index in [1.54, 1.807) is 37.6 Å². The van der Waals surface area contributed by atoms with Gasteiger partial charge in [0.05, 0.1) is 13.5 Å². The molecular weight excluding hydrogens is 226 g/mol. The van der Waals surface area contributed by atoms with Crippen LogP contribution in [0, 0.1) is 6.92 Å². The van der Waals surface area contributed by atoms with Crippen LogP contribution in [0.2, 0.25) is 0 Å². The lowest BCUT2D eigenvalue weighted by Gasteiger charge is -2.03. The Labute approximate surface area is 106 Å². The summed E-state index contributed by atoms with van der Waals surface area (Å²) in [5.41, 5.74) is 2.57. The molecule has 0 bridgehead atoms. The van der Waals surface area contributed by atoms with E-state index in [1.807, 2.05) is 19.1 Å². The summed E-state index contributed by atoms with van der Waals surface area (Å²) >= 11 is 0. The molecule has 2 rings (SSSR count). The molecule has 0 unspecified atom stereocenters. The molecule has 1 aromatic carbocycles. The molecule has 0 fully saturated rings. The van der Waals surface area contributed by atoms with Crippen molar-refractivity contribution >= 4 is 5.78 Å². The molecule has 0 N–H and O–H groups in total. The van der Waals surface area contributed by atoms with Crippen molar-refractivity contribution in [1.29, 1.82) is 0 Å². The smallest absolute Gasteiger partial charge is 0.168 e. The highest BCUT2D eigenvalue weighted by molar-refractivity contribution is 5.97. The molecule has 3 heteroatoms. The molecule has 0 aliphatic heterocycles. The highest BCUT2D eigenvalue weighted by atomic mass is 16.5. The Balaban J connectivity index is 2.09. The summed E-state index contributed by atoms with van der Waals surface area (Å²) in [4.78, 5) is 16.2. The van der Waals surface area contributed by atoms with Gasteiger partial charge in [-0.15, -0.1) is 0 Å². The highest BCUT2D eigenvalue weighted by Crippen LogP contribution is 2.13. The molecule has 3 nitrogen and oxygen atoms in total. The number of carbonyl (C=O) groups is 1. The molecule has 0 aliphatic carbocycles. The van der Waals surface area contributed by atoms with Crippen LogP contribution < -0.4 is 4.74 Å². The summed E-state index contributed by atoms with van der Waals surface area (Å²) in [6.45, 7) is 1.97. The van der Waals surface area contributed by atoms with Gasteiger partial charge < -0.3 is 4.74 Å². The number of ether oxygens (including phenoxy) is 1. The number of hydrogen-bond donors (Lipinski definition) is 0. The lowest BCUT2D eigenvalue weighted by Crippen LogP contribution is -2.05. The maximum absolute atomic E-state index is 12.0. The largest absolute Gasteiger partial charge is 0.497 e. The molecule has 0 aliphatic rings. The number of pyridine rings is 1. The molecule has 2 aromatic rings. The molecule has 0 saturated heterocycles. The minimum atomic E-state index is 0.0639. The number of aromatic nitrogens is 1. The van der Waals surface area contributed by atoms with Crippen molar-refractivity contribution in [1.82, 2.24) is 4.98 Å². The van der Waals surface area contributed by atoms with E-state index in [-0.39, 0.29) is 5.78 Å². The topological polar surface area (TPSA) is 39.2 Å². The first kappa shape index (κ1) is 12.3. The van der Waals surface area contributed by atoms with Gasteiger partial charge in [-0.2, -0.15) is 0 Å². The predicted molar refractivity (Wildman–Crippen MR) is 70.0 cm³/mol. The van der Waals surface area contributed by atoms with Crippen LogP contribution in [0.15, 0.2) is 42.6 Å². The maximum atomic E-state index is 12.0. The summed E-state index contributed by atoms with van der Waals surface area (Å²) in [6, 6.07) is 11.0. The van der Waals surface area contributed by atoms with Crippen LogP contribution in [0.1, 0.15) is 21.6 Å². The molecule has 1 aromatic heterocycles. The fourth-order valence-electron chi connectivity index (χ4n) is 1.65. The predicted octanol–water partition coefficient (Wildman–Crippen LogP) is 2.82. The number of ketones is 1. The number of Topliss-reactive ketones (excluding diaryl/α,β-unsaturated/α-hetero) is 1. The van der Waals surface area contributed by atoms with Crippen LogP contribution in [0.5, 0.6) is 5.75 Å². The van der Waals surface area contributed by atoms with E-state index in [0.717, 1.165) is 17.0 Å². The average molecular weight is 241 g/mol. The van der Waals surface area contributed by atoms with Crippen LogP contribution >= 0.6 is 0 Å². The number of carbonyl (C=O) groups excluding carboxylic acids is 1.